The molecule has 4 aromatic rings. The van der Waals surface area contributed by atoms with Gasteiger partial charge in [0.1, 0.15) is 17.6 Å². The third kappa shape index (κ3) is 4.47. The molecular formula is C24H21ClFN3O4S2. The monoisotopic (exact) mass is 533 g/mol. The number of nitrogens with zero attached hydrogens (tertiary/aromatic N) is 3. The van der Waals surface area contributed by atoms with E-state index >= 15 is 0 Å². The van der Waals surface area contributed by atoms with Crippen LogP contribution in [0.1, 0.15) is 24.2 Å². The maximum Gasteiger partial charge on any atom is 0.247 e. The molecule has 1 fully saturated rings. The van der Waals surface area contributed by atoms with Gasteiger partial charge in [-0.1, -0.05) is 29.0 Å². The Hall–Kier alpha value is -2.79. The minimum absolute atomic E-state index is 0.0569. The second-order valence-corrected chi connectivity index (χ2v) is 11.5. The number of sulfonamides is 1. The minimum atomic E-state index is -4.01. The highest BCUT2D eigenvalue weighted by Gasteiger charge is 2.42. The number of hydrogen-bond donors (Lipinski definition) is 0. The molecule has 5 rings (SSSR count). The van der Waals surface area contributed by atoms with Crippen molar-refractivity contribution in [3.63, 3.8) is 0 Å². The van der Waals surface area contributed by atoms with E-state index in [2.05, 4.69) is 4.98 Å². The summed E-state index contributed by atoms with van der Waals surface area (Å²) in [4.78, 5) is 20.0. The lowest BCUT2D eigenvalue weighted by molar-refractivity contribution is -0.121. The number of carbonyl (C=O) groups excluding carboxylic acids is 1. The number of amides is 1. The number of aromatic nitrogens is 1. The molecule has 11 heteroatoms. The molecule has 1 aliphatic heterocycles. The molecule has 0 aliphatic carbocycles. The van der Waals surface area contributed by atoms with Gasteiger partial charge in [0, 0.05) is 6.54 Å². The van der Waals surface area contributed by atoms with Crippen LogP contribution in [0.4, 0.5) is 9.52 Å². The molecule has 0 spiro atoms. The fourth-order valence-electron chi connectivity index (χ4n) is 4.20. The fourth-order valence-corrected chi connectivity index (χ4v) is 7.17. The Bertz CT molecular complexity index is 1450. The Morgan fingerprint density at radius 3 is 2.71 bits per heavy atom. The third-order valence-corrected chi connectivity index (χ3v) is 9.45. The second-order valence-electron chi connectivity index (χ2n) is 8.27. The Balaban J connectivity index is 1.54. The van der Waals surface area contributed by atoms with Crippen molar-refractivity contribution in [2.45, 2.75) is 37.2 Å². The van der Waals surface area contributed by atoms with Gasteiger partial charge in [-0.2, -0.15) is 4.31 Å². The highest BCUT2D eigenvalue weighted by Crippen LogP contribution is 2.37. The first kappa shape index (κ1) is 23.9. The van der Waals surface area contributed by atoms with Crippen molar-refractivity contribution in [3.05, 3.63) is 77.0 Å². The summed E-state index contributed by atoms with van der Waals surface area (Å²) in [6.07, 6.45) is 2.40. The van der Waals surface area contributed by atoms with Crippen LogP contribution in [-0.4, -0.2) is 36.2 Å². The topological polar surface area (TPSA) is 83.7 Å². The molecule has 1 atom stereocenters. The lowest BCUT2D eigenvalue weighted by atomic mass is 10.2. The van der Waals surface area contributed by atoms with Crippen molar-refractivity contribution in [3.8, 4) is 0 Å². The normalized spacial score (nSPS) is 16.7. The Morgan fingerprint density at radius 1 is 1.26 bits per heavy atom. The van der Waals surface area contributed by atoms with E-state index in [0.29, 0.717) is 34.3 Å². The van der Waals surface area contributed by atoms with Crippen LogP contribution < -0.4 is 4.90 Å². The number of furan rings is 1. The lowest BCUT2D eigenvalue weighted by Gasteiger charge is -2.28. The number of fused-ring (bicyclic) bond motifs is 1. The zero-order chi connectivity index (χ0) is 24.7. The molecule has 0 radical (unpaired) electrons. The summed E-state index contributed by atoms with van der Waals surface area (Å²) in [6, 6.07) is 10.8. The van der Waals surface area contributed by atoms with E-state index in [9.17, 15) is 17.6 Å². The molecule has 1 aliphatic rings. The standard InChI is InChI=1S/C24H21ClFN3O4S2/c1-15-6-11-19(25)22-21(15)27-24(34-22)28(14-17-4-3-13-33-17)23(30)20-5-2-12-29(20)35(31,32)18-9-7-16(26)8-10-18/h3-4,6-11,13,20H,2,5,12,14H2,1H3. The number of aryl methyl sites for hydroxylation is 1. The zero-order valence-corrected chi connectivity index (χ0v) is 21.0. The summed E-state index contributed by atoms with van der Waals surface area (Å²) in [5.74, 6) is -0.406. The van der Waals surface area contributed by atoms with Crippen molar-refractivity contribution in [1.29, 1.82) is 0 Å². The van der Waals surface area contributed by atoms with Gasteiger partial charge in [0.15, 0.2) is 5.13 Å². The summed E-state index contributed by atoms with van der Waals surface area (Å²) in [5.41, 5.74) is 1.61. The van der Waals surface area contributed by atoms with E-state index in [4.69, 9.17) is 16.0 Å². The molecule has 3 heterocycles. The molecule has 0 N–H and O–H groups in total. The third-order valence-electron chi connectivity index (χ3n) is 5.99. The van der Waals surface area contributed by atoms with Gasteiger partial charge in [-0.3, -0.25) is 9.69 Å². The van der Waals surface area contributed by atoms with Crippen LogP contribution in [-0.2, 0) is 21.4 Å². The molecule has 35 heavy (non-hydrogen) atoms. The zero-order valence-electron chi connectivity index (χ0n) is 18.6. The number of rotatable bonds is 6. The maximum atomic E-state index is 13.9. The highest BCUT2D eigenvalue weighted by atomic mass is 35.5. The number of hydrogen-bond acceptors (Lipinski definition) is 6. The van der Waals surface area contributed by atoms with E-state index in [-0.39, 0.29) is 18.0 Å². The van der Waals surface area contributed by atoms with Gasteiger partial charge in [0.05, 0.1) is 32.9 Å². The number of halogens is 2. The van der Waals surface area contributed by atoms with E-state index in [1.165, 1.54) is 38.9 Å². The Morgan fingerprint density at radius 2 is 2.03 bits per heavy atom. The summed E-state index contributed by atoms with van der Waals surface area (Å²) < 4.78 is 47.5. The Kier molecular flexibility index (Phi) is 6.39. The largest absolute Gasteiger partial charge is 0.467 e. The average Bonchev–Trinajstić information content (AvgIpc) is 3.60. The number of anilines is 1. The summed E-state index contributed by atoms with van der Waals surface area (Å²) in [7, 11) is -4.01. The van der Waals surface area contributed by atoms with Crippen LogP contribution >= 0.6 is 22.9 Å². The first-order valence-electron chi connectivity index (χ1n) is 10.9. The first-order valence-corrected chi connectivity index (χ1v) is 13.6. The van der Waals surface area contributed by atoms with Gasteiger partial charge in [0.25, 0.3) is 0 Å². The predicted molar refractivity (Wildman–Crippen MR) is 133 cm³/mol. The van der Waals surface area contributed by atoms with Crippen molar-refractivity contribution in [2.75, 3.05) is 11.4 Å². The lowest BCUT2D eigenvalue weighted by Crippen LogP contribution is -2.47. The summed E-state index contributed by atoms with van der Waals surface area (Å²) in [6.45, 7) is 2.19. The quantitative estimate of drug-likeness (QED) is 0.332. The second kappa shape index (κ2) is 9.34. The van der Waals surface area contributed by atoms with Crippen molar-refractivity contribution in [2.24, 2.45) is 0 Å². The van der Waals surface area contributed by atoms with Crippen molar-refractivity contribution >= 4 is 54.2 Å². The van der Waals surface area contributed by atoms with Crippen LogP contribution in [0.25, 0.3) is 10.2 Å². The summed E-state index contributed by atoms with van der Waals surface area (Å²) >= 11 is 7.67. The van der Waals surface area contributed by atoms with Crippen LogP contribution in [0.5, 0.6) is 0 Å². The smallest absolute Gasteiger partial charge is 0.247 e. The molecule has 0 bridgehead atoms. The van der Waals surface area contributed by atoms with Gasteiger partial charge in [-0.05, 0) is 67.8 Å². The molecular weight excluding hydrogens is 513 g/mol. The molecule has 7 nitrogen and oxygen atoms in total. The average molecular weight is 534 g/mol. The molecule has 182 valence electrons. The van der Waals surface area contributed by atoms with E-state index in [0.717, 1.165) is 22.4 Å². The van der Waals surface area contributed by atoms with E-state index in [1.54, 1.807) is 18.2 Å². The number of carbonyl (C=O) groups is 1. The molecule has 2 aromatic heterocycles. The van der Waals surface area contributed by atoms with Crippen LogP contribution in [0, 0.1) is 12.7 Å². The maximum absolute atomic E-state index is 13.9. The molecule has 2 aromatic carbocycles. The van der Waals surface area contributed by atoms with Gasteiger partial charge < -0.3 is 4.42 Å². The minimum Gasteiger partial charge on any atom is -0.467 e. The fraction of sp³-hybridized carbons (Fsp3) is 0.250. The van der Waals surface area contributed by atoms with Gasteiger partial charge >= 0.3 is 0 Å². The van der Waals surface area contributed by atoms with E-state index in [1.807, 2.05) is 13.0 Å². The molecule has 0 saturated carbocycles. The Labute approximate surface area is 210 Å². The molecule has 1 amide bonds. The van der Waals surface area contributed by atoms with Gasteiger partial charge in [0.2, 0.25) is 15.9 Å². The highest BCUT2D eigenvalue weighted by molar-refractivity contribution is 7.89. The predicted octanol–water partition coefficient (Wildman–Crippen LogP) is 5.38. The van der Waals surface area contributed by atoms with Crippen LogP contribution in [0.2, 0.25) is 5.02 Å². The van der Waals surface area contributed by atoms with Crippen LogP contribution in [0.15, 0.2) is 64.1 Å². The van der Waals surface area contributed by atoms with E-state index < -0.39 is 27.8 Å². The first-order chi connectivity index (χ1) is 16.8. The molecule has 1 saturated heterocycles. The SMILES string of the molecule is Cc1ccc(Cl)c2sc(N(Cc3ccco3)C(=O)C3CCCN3S(=O)(=O)c3ccc(F)cc3)nc12. The van der Waals surface area contributed by atoms with Gasteiger partial charge in [-0.15, -0.1) is 0 Å². The molecule has 1 unspecified atom stereocenters. The summed E-state index contributed by atoms with van der Waals surface area (Å²) in [5, 5.41) is 0.935. The van der Waals surface area contributed by atoms with Crippen molar-refractivity contribution < 1.29 is 22.0 Å². The van der Waals surface area contributed by atoms with Crippen molar-refractivity contribution in [1.82, 2.24) is 9.29 Å². The number of benzene rings is 2. The number of thiazole rings is 1. The van der Waals surface area contributed by atoms with Crippen LogP contribution in [0.3, 0.4) is 0 Å². The van der Waals surface area contributed by atoms with Gasteiger partial charge in [-0.25, -0.2) is 17.8 Å².